The van der Waals surface area contributed by atoms with E-state index in [1.807, 2.05) is 0 Å². The lowest BCUT2D eigenvalue weighted by atomic mass is 10.1. The van der Waals surface area contributed by atoms with Crippen LogP contribution in [0.25, 0.3) is 0 Å². The molecule has 0 aromatic carbocycles. The first kappa shape index (κ1) is 31.9. The summed E-state index contributed by atoms with van der Waals surface area (Å²) in [6.45, 7) is -0.665. The molecule has 0 unspecified atom stereocenters. The first-order valence-electron chi connectivity index (χ1n) is 10.1. The van der Waals surface area contributed by atoms with E-state index in [0.717, 1.165) is 0 Å². The summed E-state index contributed by atoms with van der Waals surface area (Å²) in [5, 5.41) is 35.5. The summed E-state index contributed by atoms with van der Waals surface area (Å²) in [5.41, 5.74) is 5.31. The molecule has 9 N–H and O–H groups in total. The second-order valence-electron chi connectivity index (χ2n) is 7.14. The number of carbonyl (C=O) groups excluding carboxylic acids is 4. The van der Waals surface area contributed by atoms with Gasteiger partial charge in [-0.3, -0.25) is 28.8 Å². The maximum atomic E-state index is 12.4. The molecular formula is C18H29N5O10S2. The Morgan fingerprint density at radius 3 is 1.60 bits per heavy atom. The van der Waals surface area contributed by atoms with Gasteiger partial charge in [-0.1, -0.05) is 0 Å². The third-order valence-corrected chi connectivity index (χ3v) is 5.09. The molecule has 35 heavy (non-hydrogen) atoms. The van der Waals surface area contributed by atoms with Gasteiger partial charge in [0.15, 0.2) is 0 Å². The maximum absolute atomic E-state index is 12.4. The summed E-state index contributed by atoms with van der Waals surface area (Å²) in [5.74, 6) is -7.54. The predicted molar refractivity (Wildman–Crippen MR) is 126 cm³/mol. The van der Waals surface area contributed by atoms with Crippen molar-refractivity contribution >= 4 is 66.8 Å². The molecule has 0 spiro atoms. The Morgan fingerprint density at radius 1 is 0.686 bits per heavy atom. The molecule has 0 rings (SSSR count). The van der Waals surface area contributed by atoms with Crippen LogP contribution >= 0.6 is 25.3 Å². The van der Waals surface area contributed by atoms with Crippen LogP contribution < -0.4 is 27.0 Å². The highest BCUT2D eigenvalue weighted by Crippen LogP contribution is 2.02. The molecular weight excluding hydrogens is 510 g/mol. The zero-order valence-corrected chi connectivity index (χ0v) is 20.2. The number of nitrogens with two attached hydrogens (primary N) is 1. The van der Waals surface area contributed by atoms with Crippen molar-refractivity contribution in [1.82, 2.24) is 21.3 Å². The zero-order valence-electron chi connectivity index (χ0n) is 18.4. The third kappa shape index (κ3) is 13.4. The smallest absolute Gasteiger partial charge is 0.326 e. The molecule has 0 aromatic rings. The van der Waals surface area contributed by atoms with Crippen LogP contribution in [0.3, 0.4) is 0 Å². The quantitative estimate of drug-likeness (QED) is 0.0813. The number of aliphatic carboxylic acids is 3. The Hall–Kier alpha value is -3.05. The van der Waals surface area contributed by atoms with Gasteiger partial charge >= 0.3 is 17.9 Å². The monoisotopic (exact) mass is 539 g/mol. The standard InChI is InChI=1S/C18H29N5O10S2/c19-8(17(30)31)1-3-12(24)22-11(7-35)16(29)23-9(18(32)33)2-4-13(25)21-10(6-34)15(28)20-5-14(26)27/h8-11,34-35H,1-7,19H2,(H,20,28)(H,21,25)(H,22,24)(H,23,29)(H,26,27)(H,30,31)(H,32,33)/t8-,9-,10-,11-/m1/s1. The van der Waals surface area contributed by atoms with Gasteiger partial charge in [0.1, 0.15) is 30.7 Å². The Bertz CT molecular complexity index is 813. The summed E-state index contributed by atoms with van der Waals surface area (Å²) < 4.78 is 0. The van der Waals surface area contributed by atoms with Crippen LogP contribution in [0, 0.1) is 0 Å². The first-order valence-corrected chi connectivity index (χ1v) is 11.4. The van der Waals surface area contributed by atoms with Crippen molar-refractivity contribution in [3.05, 3.63) is 0 Å². The highest BCUT2D eigenvalue weighted by atomic mass is 32.1. The number of rotatable bonds is 17. The molecule has 0 aliphatic rings. The van der Waals surface area contributed by atoms with Gasteiger partial charge in [0, 0.05) is 24.3 Å². The molecule has 4 atom stereocenters. The van der Waals surface area contributed by atoms with Crippen molar-refractivity contribution in [2.45, 2.75) is 49.9 Å². The van der Waals surface area contributed by atoms with Crippen LogP contribution in [0.4, 0.5) is 0 Å². The highest BCUT2D eigenvalue weighted by molar-refractivity contribution is 7.80. The van der Waals surface area contributed by atoms with Crippen LogP contribution in [0.1, 0.15) is 25.7 Å². The molecule has 0 heterocycles. The van der Waals surface area contributed by atoms with Gasteiger partial charge in [-0.15, -0.1) is 0 Å². The summed E-state index contributed by atoms with van der Waals surface area (Å²) in [4.78, 5) is 81.0. The lowest BCUT2D eigenvalue weighted by Crippen LogP contribution is -2.53. The number of carboxylic acids is 3. The number of nitrogens with one attached hydrogen (secondary N) is 4. The zero-order chi connectivity index (χ0) is 27.1. The van der Waals surface area contributed by atoms with E-state index in [2.05, 4.69) is 46.5 Å². The van der Waals surface area contributed by atoms with Crippen LogP contribution in [0.2, 0.25) is 0 Å². The summed E-state index contributed by atoms with van der Waals surface area (Å²) >= 11 is 7.84. The van der Waals surface area contributed by atoms with E-state index in [0.29, 0.717) is 0 Å². The van der Waals surface area contributed by atoms with Gasteiger partial charge in [-0.2, -0.15) is 25.3 Å². The molecule has 0 aliphatic carbocycles. The summed E-state index contributed by atoms with van der Waals surface area (Å²) in [6, 6.07) is -5.20. The summed E-state index contributed by atoms with van der Waals surface area (Å²) in [7, 11) is 0. The SMILES string of the molecule is N[C@H](CCC(=O)N[C@H](CS)C(=O)N[C@H](CCC(=O)N[C@H](CS)C(=O)NCC(=O)O)C(=O)O)C(=O)O. The summed E-state index contributed by atoms with van der Waals surface area (Å²) in [6.07, 6.45) is -1.27. The van der Waals surface area contributed by atoms with E-state index >= 15 is 0 Å². The number of carboxylic acid groups (broad SMARTS) is 3. The molecule has 0 aliphatic heterocycles. The van der Waals surface area contributed by atoms with Crippen molar-refractivity contribution < 1.29 is 48.9 Å². The van der Waals surface area contributed by atoms with E-state index in [1.165, 1.54) is 0 Å². The molecule has 0 saturated heterocycles. The van der Waals surface area contributed by atoms with Gasteiger partial charge < -0.3 is 42.3 Å². The molecule has 0 fully saturated rings. The predicted octanol–water partition coefficient (Wildman–Crippen LogP) is -3.44. The van der Waals surface area contributed by atoms with Gasteiger partial charge in [0.05, 0.1) is 0 Å². The van der Waals surface area contributed by atoms with Crippen molar-refractivity contribution in [3.63, 3.8) is 0 Å². The fourth-order valence-corrected chi connectivity index (χ4v) is 2.94. The van der Waals surface area contributed by atoms with Crippen LogP contribution in [0.5, 0.6) is 0 Å². The average Bonchev–Trinajstić information content (AvgIpc) is 2.79. The molecule has 0 radical (unpaired) electrons. The number of hydrogen-bond acceptors (Lipinski definition) is 10. The molecule has 198 valence electrons. The Balaban J connectivity index is 4.83. The van der Waals surface area contributed by atoms with Gasteiger partial charge in [0.2, 0.25) is 23.6 Å². The molecule has 4 amide bonds. The number of hydrogen-bond donors (Lipinski definition) is 10. The largest absolute Gasteiger partial charge is 0.480 e. The minimum atomic E-state index is -1.52. The minimum Gasteiger partial charge on any atom is -0.480 e. The molecule has 17 heteroatoms. The van der Waals surface area contributed by atoms with Crippen molar-refractivity contribution in [3.8, 4) is 0 Å². The number of carbonyl (C=O) groups is 7. The normalized spacial score (nSPS) is 13.9. The minimum absolute atomic E-state index is 0.156. The fourth-order valence-electron chi connectivity index (χ4n) is 2.42. The van der Waals surface area contributed by atoms with Crippen LogP contribution in [-0.4, -0.2) is 99.1 Å². The van der Waals surface area contributed by atoms with Crippen LogP contribution in [0.15, 0.2) is 0 Å². The van der Waals surface area contributed by atoms with Gasteiger partial charge in [-0.05, 0) is 12.8 Å². The molecule has 0 bridgehead atoms. The van der Waals surface area contributed by atoms with E-state index in [1.54, 1.807) is 0 Å². The topological polar surface area (TPSA) is 254 Å². The van der Waals surface area contributed by atoms with E-state index < -0.39 is 78.7 Å². The molecule has 15 nitrogen and oxygen atoms in total. The second kappa shape index (κ2) is 16.6. The van der Waals surface area contributed by atoms with E-state index in [4.69, 9.17) is 15.9 Å². The second-order valence-corrected chi connectivity index (χ2v) is 7.87. The van der Waals surface area contributed by atoms with Crippen molar-refractivity contribution in [2.24, 2.45) is 5.73 Å². The number of amides is 4. The van der Waals surface area contributed by atoms with E-state index in [-0.39, 0.29) is 30.8 Å². The Kier molecular flexibility index (Phi) is 15.1. The van der Waals surface area contributed by atoms with Crippen molar-refractivity contribution in [2.75, 3.05) is 18.1 Å². The average molecular weight is 540 g/mol. The molecule has 0 saturated carbocycles. The lowest BCUT2D eigenvalue weighted by Gasteiger charge is -2.21. The van der Waals surface area contributed by atoms with E-state index in [9.17, 15) is 38.7 Å². The van der Waals surface area contributed by atoms with Gasteiger partial charge in [0.25, 0.3) is 0 Å². The maximum Gasteiger partial charge on any atom is 0.326 e. The lowest BCUT2D eigenvalue weighted by molar-refractivity contribution is -0.142. The number of thiol groups is 2. The fraction of sp³-hybridized carbons (Fsp3) is 0.611. The molecule has 0 aromatic heterocycles. The highest BCUT2D eigenvalue weighted by Gasteiger charge is 2.27. The first-order chi connectivity index (χ1) is 16.3. The van der Waals surface area contributed by atoms with Crippen LogP contribution in [-0.2, 0) is 33.6 Å². The van der Waals surface area contributed by atoms with Crippen molar-refractivity contribution in [1.29, 1.82) is 0 Å². The third-order valence-electron chi connectivity index (χ3n) is 4.36. The van der Waals surface area contributed by atoms with Gasteiger partial charge in [-0.25, -0.2) is 4.79 Å². The Labute approximate surface area is 210 Å². The Morgan fingerprint density at radius 2 is 1.17 bits per heavy atom.